The van der Waals surface area contributed by atoms with Crippen molar-refractivity contribution < 1.29 is 33.3 Å². The summed E-state index contributed by atoms with van der Waals surface area (Å²) in [6.07, 6.45) is 3.92. The van der Waals surface area contributed by atoms with Gasteiger partial charge in [-0.15, -0.1) is 17.9 Å². The van der Waals surface area contributed by atoms with Crippen molar-refractivity contribution in [2.24, 2.45) is 11.3 Å². The number of nitrogens with zero attached hydrogens (tertiary/aromatic N) is 3. The van der Waals surface area contributed by atoms with E-state index in [1.165, 1.54) is 16.2 Å². The standard InChI is InChI=1S/C40H55N6O7PS/c1-9-25-20-40(25,54(50,51)10-2)45-35(47)32-18-27(21-46(32)36(48)34(39(6,7)8)44-38(49)53-26-13-11-12-14-26)52-33-19-30(31-22-55-37(43-31)41-23(3)4)42-29-17-24(5)15-16-28(29)33/h9,15-17,19,22-23,25-27,32,34H,1,10-14,18,20-21H2,2-8H3,(H,41,43)(H,44,49)(H,45,47)(H,50,51)/t25-,27-,32+,34-,40+/m1/s1. The molecule has 0 spiro atoms. The molecule has 2 saturated carbocycles. The molecular weight excluding hydrogens is 740 g/mol. The zero-order chi connectivity index (χ0) is 39.9. The van der Waals surface area contributed by atoms with Crippen LogP contribution in [0.2, 0.25) is 0 Å². The third kappa shape index (κ3) is 8.71. The molecular formula is C40H55N6O7PS. The lowest BCUT2D eigenvalue weighted by Crippen LogP contribution is -2.58. The number of anilines is 1. The van der Waals surface area contributed by atoms with E-state index in [2.05, 4.69) is 22.5 Å². The number of aryl methyl sites for hydroxylation is 1. The van der Waals surface area contributed by atoms with Gasteiger partial charge < -0.3 is 35.2 Å². The van der Waals surface area contributed by atoms with Gasteiger partial charge in [0, 0.05) is 41.4 Å². The van der Waals surface area contributed by atoms with Crippen molar-refractivity contribution in [3.05, 3.63) is 47.9 Å². The van der Waals surface area contributed by atoms with Crippen LogP contribution in [0, 0.1) is 18.3 Å². The highest BCUT2D eigenvalue weighted by atomic mass is 32.1. The molecule has 3 aliphatic rings. The minimum absolute atomic E-state index is 0.0233. The van der Waals surface area contributed by atoms with Crippen LogP contribution < -0.4 is 20.7 Å². The van der Waals surface area contributed by atoms with Crippen LogP contribution in [0.15, 0.2) is 42.3 Å². The molecule has 3 heterocycles. The van der Waals surface area contributed by atoms with E-state index in [-0.39, 0.29) is 43.6 Å². The first kappa shape index (κ1) is 40.7. The van der Waals surface area contributed by atoms with Crippen molar-refractivity contribution in [3.8, 4) is 17.1 Å². The van der Waals surface area contributed by atoms with Crippen molar-refractivity contribution in [1.82, 2.24) is 25.5 Å². The largest absolute Gasteiger partial charge is 0.488 e. The first-order chi connectivity index (χ1) is 25.9. The molecule has 298 valence electrons. The number of hydrogen-bond donors (Lipinski definition) is 4. The van der Waals surface area contributed by atoms with Crippen molar-refractivity contribution in [2.45, 2.75) is 123 Å². The summed E-state index contributed by atoms with van der Waals surface area (Å²) in [5, 5.41) is 11.2. The Hall–Kier alpha value is -4.00. The number of benzene rings is 1. The summed E-state index contributed by atoms with van der Waals surface area (Å²) in [4.78, 5) is 64.4. The van der Waals surface area contributed by atoms with Crippen LogP contribution >= 0.6 is 18.7 Å². The van der Waals surface area contributed by atoms with Crippen molar-refractivity contribution in [2.75, 3.05) is 18.0 Å². The molecule has 3 amide bonds. The number of thiazole rings is 1. The van der Waals surface area contributed by atoms with E-state index < -0.39 is 54.2 Å². The Morgan fingerprint density at radius 3 is 2.51 bits per heavy atom. The van der Waals surface area contributed by atoms with Crippen LogP contribution in [0.25, 0.3) is 22.3 Å². The molecule has 2 aromatic heterocycles. The lowest BCUT2D eigenvalue weighted by Gasteiger charge is -2.35. The van der Waals surface area contributed by atoms with Crippen molar-refractivity contribution in [3.63, 3.8) is 0 Å². The Bertz CT molecular complexity index is 1990. The number of fused-ring (bicyclic) bond motifs is 1. The number of likely N-dealkylation sites (tertiary alicyclic amines) is 1. The topological polar surface area (TPSA) is 172 Å². The van der Waals surface area contributed by atoms with Crippen molar-refractivity contribution >= 4 is 52.6 Å². The molecule has 15 heteroatoms. The molecule has 3 fully saturated rings. The molecule has 6 rings (SSSR count). The van der Waals surface area contributed by atoms with Gasteiger partial charge in [-0.05, 0) is 76.0 Å². The van der Waals surface area contributed by atoms with E-state index in [9.17, 15) is 23.8 Å². The Labute approximate surface area is 327 Å². The zero-order valence-electron chi connectivity index (χ0n) is 32.9. The molecule has 55 heavy (non-hydrogen) atoms. The van der Waals surface area contributed by atoms with Gasteiger partial charge in [0.2, 0.25) is 19.2 Å². The van der Waals surface area contributed by atoms with Crippen molar-refractivity contribution in [1.29, 1.82) is 0 Å². The third-order valence-corrected chi connectivity index (χ3v) is 14.4. The third-order valence-electron chi connectivity index (χ3n) is 10.9. The molecule has 13 nitrogen and oxygen atoms in total. The number of hydrogen-bond acceptors (Lipinski definition) is 10. The van der Waals surface area contributed by atoms with Gasteiger partial charge in [-0.25, -0.2) is 14.8 Å². The van der Waals surface area contributed by atoms with Crippen LogP contribution in [0.3, 0.4) is 0 Å². The summed E-state index contributed by atoms with van der Waals surface area (Å²) in [7, 11) is -3.83. The Balaban J connectivity index is 1.33. The first-order valence-corrected chi connectivity index (χ1v) is 22.0. The number of amides is 3. The smallest absolute Gasteiger partial charge is 0.408 e. The monoisotopic (exact) mass is 794 g/mol. The van der Waals surface area contributed by atoms with Gasteiger partial charge in [-0.3, -0.25) is 14.2 Å². The van der Waals surface area contributed by atoms with E-state index in [1.54, 1.807) is 13.0 Å². The SMILES string of the molecule is C=C[C@@H]1C[C@]1(NC(=O)[C@@H]1C[C@@H](Oc2cc(-c3csc(NC(C)C)n3)nc3cc(C)ccc23)CN1C(=O)[C@@H](NC(=O)OC1CCCC1)C(C)(C)C)P(=O)(O)CC. The second-order valence-electron chi connectivity index (χ2n) is 16.6. The number of carbonyl (C=O) groups excluding carboxylic acids is 3. The molecule has 4 N–H and O–H groups in total. The lowest BCUT2D eigenvalue weighted by atomic mass is 9.85. The fourth-order valence-corrected chi connectivity index (χ4v) is 10.5. The van der Waals surface area contributed by atoms with Gasteiger partial charge in [0.25, 0.3) is 0 Å². The van der Waals surface area contributed by atoms with Crippen LogP contribution in [0.1, 0.15) is 85.6 Å². The maximum Gasteiger partial charge on any atom is 0.408 e. The van der Waals surface area contributed by atoms with Gasteiger partial charge in [-0.1, -0.05) is 39.8 Å². The van der Waals surface area contributed by atoms with Crippen LogP contribution in [0.4, 0.5) is 9.93 Å². The Morgan fingerprint density at radius 2 is 1.87 bits per heavy atom. The molecule has 1 aromatic carbocycles. The number of ether oxygens (including phenoxy) is 2. The molecule has 2 aliphatic carbocycles. The molecule has 1 unspecified atom stereocenters. The molecule has 3 aromatic rings. The van der Waals surface area contributed by atoms with Gasteiger partial charge in [0.1, 0.15) is 41.0 Å². The number of carbonyl (C=O) groups is 3. The second-order valence-corrected chi connectivity index (χ2v) is 20.3. The quantitative estimate of drug-likeness (QED) is 0.102. The zero-order valence-corrected chi connectivity index (χ0v) is 34.6. The Morgan fingerprint density at radius 1 is 1.15 bits per heavy atom. The first-order valence-electron chi connectivity index (χ1n) is 19.3. The molecule has 0 bridgehead atoms. The minimum Gasteiger partial charge on any atom is -0.488 e. The van der Waals surface area contributed by atoms with Crippen LogP contribution in [-0.2, 0) is 18.9 Å². The predicted octanol–water partition coefficient (Wildman–Crippen LogP) is 7.23. The minimum atomic E-state index is -3.83. The lowest BCUT2D eigenvalue weighted by molar-refractivity contribution is -0.142. The van der Waals surface area contributed by atoms with Gasteiger partial charge >= 0.3 is 6.09 Å². The highest BCUT2D eigenvalue weighted by molar-refractivity contribution is 7.60. The van der Waals surface area contributed by atoms with E-state index in [0.29, 0.717) is 22.7 Å². The predicted molar refractivity (Wildman–Crippen MR) is 216 cm³/mol. The average molecular weight is 795 g/mol. The average Bonchev–Trinajstić information content (AvgIpc) is 3.52. The maximum absolute atomic E-state index is 14.7. The number of nitrogens with one attached hydrogen (secondary N) is 3. The summed E-state index contributed by atoms with van der Waals surface area (Å²) in [5.41, 5.74) is 2.27. The molecule has 6 atom stereocenters. The second kappa shape index (κ2) is 15.9. The highest BCUT2D eigenvalue weighted by Gasteiger charge is 2.65. The molecule has 1 saturated heterocycles. The van der Waals surface area contributed by atoms with Crippen LogP contribution in [0.5, 0.6) is 5.75 Å². The fraction of sp³-hybridized carbons (Fsp3) is 0.575. The molecule has 1 aliphatic heterocycles. The summed E-state index contributed by atoms with van der Waals surface area (Å²) in [5.74, 6) is -0.896. The van der Waals surface area contributed by atoms with E-state index in [1.807, 2.05) is 71.2 Å². The van der Waals surface area contributed by atoms with Crippen LogP contribution in [-0.4, -0.2) is 86.0 Å². The maximum atomic E-state index is 14.7. The highest BCUT2D eigenvalue weighted by Crippen LogP contribution is 2.69. The number of aromatic nitrogens is 2. The summed E-state index contributed by atoms with van der Waals surface area (Å²) >= 11 is 1.48. The molecule has 0 radical (unpaired) electrons. The number of pyridine rings is 1. The van der Waals surface area contributed by atoms with E-state index in [0.717, 1.165) is 41.8 Å². The Kier molecular flexibility index (Phi) is 11.7. The fourth-order valence-electron chi connectivity index (χ4n) is 7.68. The summed E-state index contributed by atoms with van der Waals surface area (Å²) in [6.45, 7) is 17.1. The van der Waals surface area contributed by atoms with Gasteiger partial charge in [-0.2, -0.15) is 0 Å². The summed E-state index contributed by atoms with van der Waals surface area (Å²) < 4.78 is 25.9. The van der Waals surface area contributed by atoms with E-state index >= 15 is 0 Å². The summed E-state index contributed by atoms with van der Waals surface area (Å²) in [6, 6.07) is 5.83. The van der Waals surface area contributed by atoms with Gasteiger partial charge in [0.05, 0.1) is 17.8 Å². The van der Waals surface area contributed by atoms with Gasteiger partial charge in [0.15, 0.2) is 5.13 Å². The van der Waals surface area contributed by atoms with E-state index in [4.69, 9.17) is 19.4 Å². The normalized spacial score (nSPS) is 24.3. The number of alkyl carbamates (subject to hydrolysis) is 1. The number of rotatable bonds is 13.